The van der Waals surface area contributed by atoms with E-state index in [9.17, 15) is 18.5 Å². The third kappa shape index (κ3) is 4.20. The van der Waals surface area contributed by atoms with Crippen molar-refractivity contribution in [2.24, 2.45) is 0 Å². The van der Waals surface area contributed by atoms with Gasteiger partial charge < -0.3 is 14.8 Å². The molecule has 134 valence electrons. The van der Waals surface area contributed by atoms with Gasteiger partial charge in [-0.25, -0.2) is 8.42 Å². The fourth-order valence-corrected chi connectivity index (χ4v) is 3.87. The Hall–Kier alpha value is -1.75. The lowest BCUT2D eigenvalue weighted by atomic mass is 10.2. The second-order valence-electron chi connectivity index (χ2n) is 5.45. The number of ether oxygens (including phenoxy) is 2. The van der Waals surface area contributed by atoms with Gasteiger partial charge in [0.25, 0.3) is 5.69 Å². The van der Waals surface area contributed by atoms with Crippen LogP contribution in [0.2, 0.25) is 0 Å². The van der Waals surface area contributed by atoms with E-state index >= 15 is 0 Å². The van der Waals surface area contributed by atoms with E-state index in [1.54, 1.807) is 0 Å². The Balaban J connectivity index is 2.32. The molecule has 1 saturated heterocycles. The summed E-state index contributed by atoms with van der Waals surface area (Å²) in [5, 5.41) is 14.3. The summed E-state index contributed by atoms with van der Waals surface area (Å²) >= 11 is 0. The number of benzene rings is 1. The molecule has 9 nitrogen and oxygen atoms in total. The normalized spacial score (nSPS) is 17.4. The topological polar surface area (TPSA) is 111 Å². The van der Waals surface area contributed by atoms with Crippen molar-refractivity contribution in [1.82, 2.24) is 4.31 Å². The number of anilines is 1. The molecule has 1 aliphatic heterocycles. The maximum atomic E-state index is 12.6. The van der Waals surface area contributed by atoms with Gasteiger partial charge in [0.05, 0.1) is 29.6 Å². The molecule has 24 heavy (non-hydrogen) atoms. The Kier molecular flexibility index (Phi) is 6.10. The van der Waals surface area contributed by atoms with Crippen molar-refractivity contribution in [2.45, 2.75) is 17.9 Å². The average molecular weight is 359 g/mol. The third-order valence-electron chi connectivity index (χ3n) is 3.59. The van der Waals surface area contributed by atoms with Gasteiger partial charge >= 0.3 is 0 Å². The summed E-state index contributed by atoms with van der Waals surface area (Å²) in [5.41, 5.74) is -0.0298. The Morgan fingerprint density at radius 3 is 2.67 bits per heavy atom. The molecule has 0 bridgehead atoms. The average Bonchev–Trinajstić information content (AvgIpc) is 2.55. The molecule has 0 unspecified atom stereocenters. The summed E-state index contributed by atoms with van der Waals surface area (Å²) in [4.78, 5) is 10.6. The molecule has 2 rings (SSSR count). The standard InChI is InChI=1S/C14H21N3O6S/c1-11(10-22-2)15-13-4-3-12(9-14(13)17(18)19)24(20,21)16-5-7-23-8-6-16/h3-4,9,11,15H,5-8,10H2,1-2H3/t11-/m0/s1. The number of hydrogen-bond donors (Lipinski definition) is 1. The first-order valence-electron chi connectivity index (χ1n) is 7.48. The third-order valence-corrected chi connectivity index (χ3v) is 5.49. The molecule has 0 aromatic heterocycles. The number of nitro groups is 1. The second-order valence-corrected chi connectivity index (χ2v) is 7.39. The van der Waals surface area contributed by atoms with Crippen LogP contribution in [0.15, 0.2) is 23.1 Å². The number of methoxy groups -OCH3 is 1. The van der Waals surface area contributed by atoms with Crippen LogP contribution in [0.25, 0.3) is 0 Å². The lowest BCUT2D eigenvalue weighted by Gasteiger charge is -2.26. The van der Waals surface area contributed by atoms with Crippen LogP contribution in [-0.4, -0.2) is 63.7 Å². The van der Waals surface area contributed by atoms with Gasteiger partial charge in [0.2, 0.25) is 10.0 Å². The summed E-state index contributed by atoms with van der Waals surface area (Å²) in [6, 6.07) is 3.72. The predicted molar refractivity (Wildman–Crippen MR) is 87.6 cm³/mol. The summed E-state index contributed by atoms with van der Waals surface area (Å²) < 4.78 is 36.6. The molecular weight excluding hydrogens is 338 g/mol. The molecule has 0 aliphatic carbocycles. The first-order valence-corrected chi connectivity index (χ1v) is 8.92. The van der Waals surface area contributed by atoms with E-state index in [-0.39, 0.29) is 35.4 Å². The van der Waals surface area contributed by atoms with E-state index in [0.717, 1.165) is 6.07 Å². The Labute approximate surface area is 140 Å². The number of morpholine rings is 1. The molecule has 10 heteroatoms. The number of rotatable bonds is 7. The molecule has 1 atom stereocenters. The van der Waals surface area contributed by atoms with Crippen molar-refractivity contribution in [3.63, 3.8) is 0 Å². The van der Waals surface area contributed by atoms with Gasteiger partial charge in [-0.1, -0.05) is 0 Å². The Bertz CT molecular complexity index is 688. The van der Waals surface area contributed by atoms with Gasteiger partial charge in [0, 0.05) is 32.3 Å². The first-order chi connectivity index (χ1) is 11.4. The molecule has 1 N–H and O–H groups in total. The van der Waals surface area contributed by atoms with Crippen LogP contribution >= 0.6 is 0 Å². The Morgan fingerprint density at radius 1 is 1.42 bits per heavy atom. The van der Waals surface area contributed by atoms with Crippen LogP contribution in [0.3, 0.4) is 0 Å². The molecule has 0 spiro atoms. The zero-order valence-electron chi connectivity index (χ0n) is 13.6. The van der Waals surface area contributed by atoms with E-state index in [2.05, 4.69) is 5.32 Å². The van der Waals surface area contributed by atoms with E-state index in [1.165, 1.54) is 23.5 Å². The van der Waals surface area contributed by atoms with Gasteiger partial charge in [-0.3, -0.25) is 10.1 Å². The van der Waals surface area contributed by atoms with Crippen LogP contribution in [0.1, 0.15) is 6.92 Å². The number of nitro benzene ring substituents is 1. The van der Waals surface area contributed by atoms with Gasteiger partial charge in [-0.05, 0) is 19.1 Å². The highest BCUT2D eigenvalue weighted by atomic mass is 32.2. The van der Waals surface area contributed by atoms with Crippen molar-refractivity contribution in [3.05, 3.63) is 28.3 Å². The predicted octanol–water partition coefficient (Wildman–Crippen LogP) is 1.06. The van der Waals surface area contributed by atoms with E-state index in [4.69, 9.17) is 9.47 Å². The number of sulfonamides is 1. The summed E-state index contributed by atoms with van der Waals surface area (Å²) in [6.07, 6.45) is 0. The Morgan fingerprint density at radius 2 is 2.08 bits per heavy atom. The van der Waals surface area contributed by atoms with Crippen molar-refractivity contribution in [3.8, 4) is 0 Å². The fraction of sp³-hybridized carbons (Fsp3) is 0.571. The highest BCUT2D eigenvalue weighted by molar-refractivity contribution is 7.89. The van der Waals surface area contributed by atoms with Crippen molar-refractivity contribution in [2.75, 3.05) is 45.3 Å². The van der Waals surface area contributed by atoms with E-state index < -0.39 is 14.9 Å². The number of nitrogens with zero attached hydrogens (tertiary/aromatic N) is 2. The maximum absolute atomic E-state index is 12.6. The van der Waals surface area contributed by atoms with Crippen LogP contribution in [-0.2, 0) is 19.5 Å². The van der Waals surface area contributed by atoms with Crippen molar-refractivity contribution in [1.29, 1.82) is 0 Å². The zero-order valence-corrected chi connectivity index (χ0v) is 14.4. The monoisotopic (exact) mass is 359 g/mol. The molecule has 0 saturated carbocycles. The second kappa shape index (κ2) is 7.88. The maximum Gasteiger partial charge on any atom is 0.293 e. The molecule has 1 heterocycles. The van der Waals surface area contributed by atoms with E-state index in [1.807, 2.05) is 6.92 Å². The molecule has 1 aromatic rings. The SMILES string of the molecule is COC[C@H](C)Nc1ccc(S(=O)(=O)N2CCOCC2)cc1[N+](=O)[O-]. The van der Waals surface area contributed by atoms with Crippen molar-refractivity contribution < 1.29 is 22.8 Å². The minimum Gasteiger partial charge on any atom is -0.383 e. The minimum atomic E-state index is -3.78. The highest BCUT2D eigenvalue weighted by Gasteiger charge is 2.29. The molecule has 0 amide bonds. The zero-order chi connectivity index (χ0) is 17.7. The molecule has 1 fully saturated rings. The number of hydrogen-bond acceptors (Lipinski definition) is 7. The molecular formula is C14H21N3O6S. The van der Waals surface area contributed by atoms with Crippen LogP contribution in [0.5, 0.6) is 0 Å². The smallest absolute Gasteiger partial charge is 0.293 e. The van der Waals surface area contributed by atoms with Crippen LogP contribution in [0.4, 0.5) is 11.4 Å². The largest absolute Gasteiger partial charge is 0.383 e. The van der Waals surface area contributed by atoms with Gasteiger partial charge in [0.15, 0.2) is 0 Å². The summed E-state index contributed by atoms with van der Waals surface area (Å²) in [7, 11) is -2.24. The van der Waals surface area contributed by atoms with Gasteiger partial charge in [-0.15, -0.1) is 0 Å². The van der Waals surface area contributed by atoms with E-state index in [0.29, 0.717) is 19.8 Å². The lowest BCUT2D eigenvalue weighted by Crippen LogP contribution is -2.40. The summed E-state index contributed by atoms with van der Waals surface area (Å²) in [5.74, 6) is 0. The van der Waals surface area contributed by atoms with Gasteiger partial charge in [-0.2, -0.15) is 4.31 Å². The fourth-order valence-electron chi connectivity index (χ4n) is 2.44. The minimum absolute atomic E-state index is 0.0963. The lowest BCUT2D eigenvalue weighted by molar-refractivity contribution is -0.384. The van der Waals surface area contributed by atoms with Crippen LogP contribution < -0.4 is 5.32 Å². The highest BCUT2D eigenvalue weighted by Crippen LogP contribution is 2.29. The van der Waals surface area contributed by atoms with Gasteiger partial charge in [0.1, 0.15) is 5.69 Å². The summed E-state index contributed by atoms with van der Waals surface area (Å²) in [6.45, 7) is 3.28. The molecule has 0 radical (unpaired) electrons. The van der Waals surface area contributed by atoms with Crippen molar-refractivity contribution >= 4 is 21.4 Å². The van der Waals surface area contributed by atoms with Crippen LogP contribution in [0, 0.1) is 10.1 Å². The number of nitrogens with one attached hydrogen (secondary N) is 1. The molecule has 1 aromatic carbocycles. The first kappa shape index (κ1) is 18.6. The quantitative estimate of drug-likeness (QED) is 0.572. The molecule has 1 aliphatic rings.